The number of carbonyl (C=O) groups excluding carboxylic acids is 2. The maximum Gasteiger partial charge on any atom is 0.225 e. The average molecular weight is 398 g/mol. The van der Waals surface area contributed by atoms with E-state index in [1.54, 1.807) is 9.21 Å². The molecule has 0 aromatic heterocycles. The van der Waals surface area contributed by atoms with Crippen molar-refractivity contribution >= 4 is 21.8 Å². The lowest BCUT2D eigenvalue weighted by molar-refractivity contribution is -0.136. The molecule has 4 aliphatic rings. The van der Waals surface area contributed by atoms with Crippen molar-refractivity contribution in [2.24, 2.45) is 11.8 Å². The molecule has 1 atom stereocenters. The van der Waals surface area contributed by atoms with Gasteiger partial charge in [0.25, 0.3) is 0 Å². The molecule has 0 radical (unpaired) electrons. The van der Waals surface area contributed by atoms with E-state index >= 15 is 0 Å². The van der Waals surface area contributed by atoms with Crippen molar-refractivity contribution < 1.29 is 18.0 Å². The first-order chi connectivity index (χ1) is 13.0. The lowest BCUT2D eigenvalue weighted by Gasteiger charge is -2.39. The zero-order chi connectivity index (χ0) is 19.0. The molecule has 2 aliphatic carbocycles. The van der Waals surface area contributed by atoms with Crippen LogP contribution >= 0.6 is 0 Å². The molecular formula is C19H31N3O4S. The Bertz CT molecular complexity index is 677. The number of likely N-dealkylation sites (tertiary alicyclic amines) is 1. The fraction of sp³-hybridized carbons (Fsp3) is 0.895. The molecular weight excluding hydrogens is 366 g/mol. The molecule has 2 saturated heterocycles. The van der Waals surface area contributed by atoms with Gasteiger partial charge in [0.15, 0.2) is 0 Å². The molecule has 0 aromatic rings. The number of sulfonamides is 1. The fourth-order valence-electron chi connectivity index (χ4n) is 4.77. The van der Waals surface area contributed by atoms with Crippen LogP contribution in [0.1, 0.15) is 51.4 Å². The number of piperidine rings is 1. The molecule has 2 amide bonds. The minimum absolute atomic E-state index is 0.100. The van der Waals surface area contributed by atoms with E-state index < -0.39 is 15.3 Å². The third-order valence-corrected chi connectivity index (χ3v) is 8.96. The van der Waals surface area contributed by atoms with Crippen LogP contribution in [0.25, 0.3) is 0 Å². The molecule has 0 aromatic carbocycles. The van der Waals surface area contributed by atoms with Crippen LogP contribution in [-0.4, -0.2) is 78.9 Å². The smallest absolute Gasteiger partial charge is 0.225 e. The molecule has 2 heterocycles. The Hall–Kier alpha value is -1.15. The molecule has 27 heavy (non-hydrogen) atoms. The molecule has 4 fully saturated rings. The van der Waals surface area contributed by atoms with Crippen LogP contribution in [0, 0.1) is 11.8 Å². The monoisotopic (exact) mass is 397 g/mol. The summed E-state index contributed by atoms with van der Waals surface area (Å²) in [5, 5.41) is -0.498. The van der Waals surface area contributed by atoms with Gasteiger partial charge in [0.2, 0.25) is 21.8 Å². The van der Waals surface area contributed by atoms with Gasteiger partial charge in [0, 0.05) is 51.1 Å². The third kappa shape index (κ3) is 4.01. The van der Waals surface area contributed by atoms with E-state index in [9.17, 15) is 18.0 Å². The Morgan fingerprint density at radius 1 is 0.667 bits per heavy atom. The van der Waals surface area contributed by atoms with Gasteiger partial charge in [-0.25, -0.2) is 8.42 Å². The van der Waals surface area contributed by atoms with E-state index in [0.29, 0.717) is 45.7 Å². The second-order valence-corrected chi connectivity index (χ2v) is 10.8. The van der Waals surface area contributed by atoms with Gasteiger partial charge >= 0.3 is 0 Å². The van der Waals surface area contributed by atoms with Gasteiger partial charge in [0.05, 0.1) is 5.25 Å². The van der Waals surface area contributed by atoms with Gasteiger partial charge in [0.1, 0.15) is 0 Å². The van der Waals surface area contributed by atoms with E-state index in [4.69, 9.17) is 0 Å². The van der Waals surface area contributed by atoms with Gasteiger partial charge in [-0.05, 0) is 38.5 Å². The molecule has 2 saturated carbocycles. The van der Waals surface area contributed by atoms with Crippen LogP contribution in [0.15, 0.2) is 0 Å². The molecule has 152 valence electrons. The van der Waals surface area contributed by atoms with Crippen LogP contribution in [-0.2, 0) is 19.6 Å². The SMILES string of the molecule is O=C(C1CC1)N1CCN(S(=O)(=O)C2CCCN(C(=O)C3CCCC3)C2)CC1. The first kappa shape index (κ1) is 19.2. The fourth-order valence-corrected chi connectivity index (χ4v) is 6.70. The topological polar surface area (TPSA) is 78.0 Å². The van der Waals surface area contributed by atoms with Crippen LogP contribution < -0.4 is 0 Å². The molecule has 4 rings (SSSR count). The van der Waals surface area contributed by atoms with Gasteiger partial charge in [-0.2, -0.15) is 4.31 Å². The third-order valence-electron chi connectivity index (χ3n) is 6.65. The predicted octanol–water partition coefficient (Wildman–Crippen LogP) is 1.05. The van der Waals surface area contributed by atoms with Crippen molar-refractivity contribution in [1.82, 2.24) is 14.1 Å². The Morgan fingerprint density at radius 2 is 1.26 bits per heavy atom. The highest BCUT2D eigenvalue weighted by atomic mass is 32.2. The molecule has 7 nitrogen and oxygen atoms in total. The quantitative estimate of drug-likeness (QED) is 0.710. The zero-order valence-corrected chi connectivity index (χ0v) is 16.8. The van der Waals surface area contributed by atoms with Crippen molar-refractivity contribution in [3.63, 3.8) is 0 Å². The lowest BCUT2D eigenvalue weighted by Crippen LogP contribution is -2.55. The highest BCUT2D eigenvalue weighted by molar-refractivity contribution is 7.89. The Labute approximate surface area is 162 Å². The summed E-state index contributed by atoms with van der Waals surface area (Å²) in [5.41, 5.74) is 0. The predicted molar refractivity (Wildman–Crippen MR) is 101 cm³/mol. The summed E-state index contributed by atoms with van der Waals surface area (Å²) in [6, 6.07) is 0. The van der Waals surface area contributed by atoms with Crippen molar-refractivity contribution in [3.8, 4) is 0 Å². The summed E-state index contributed by atoms with van der Waals surface area (Å²) in [6.07, 6.45) is 7.44. The number of rotatable bonds is 4. The maximum absolute atomic E-state index is 13.1. The van der Waals surface area contributed by atoms with Crippen LogP contribution in [0.2, 0.25) is 0 Å². The van der Waals surface area contributed by atoms with Crippen molar-refractivity contribution in [3.05, 3.63) is 0 Å². The zero-order valence-electron chi connectivity index (χ0n) is 16.0. The summed E-state index contributed by atoms with van der Waals surface area (Å²) in [5.74, 6) is 0.635. The molecule has 0 spiro atoms. The number of hydrogen-bond donors (Lipinski definition) is 0. The van der Waals surface area contributed by atoms with Gasteiger partial charge < -0.3 is 9.80 Å². The van der Waals surface area contributed by atoms with Gasteiger partial charge in [-0.3, -0.25) is 9.59 Å². The Morgan fingerprint density at radius 3 is 1.89 bits per heavy atom. The number of hydrogen-bond acceptors (Lipinski definition) is 4. The summed E-state index contributed by atoms with van der Waals surface area (Å²) in [7, 11) is -3.43. The standard InChI is InChI=1S/C19H31N3O4S/c23-18(16-7-8-16)20-10-12-22(13-11-20)27(25,26)17-6-3-9-21(14-17)19(24)15-4-1-2-5-15/h15-17H,1-14H2. The van der Waals surface area contributed by atoms with Crippen molar-refractivity contribution in [2.75, 3.05) is 39.3 Å². The molecule has 8 heteroatoms. The van der Waals surface area contributed by atoms with Crippen LogP contribution in [0.4, 0.5) is 0 Å². The Balaban J connectivity index is 1.35. The average Bonchev–Trinajstić information content (AvgIpc) is 3.41. The molecule has 1 unspecified atom stereocenters. The molecule has 0 bridgehead atoms. The van der Waals surface area contributed by atoms with Crippen molar-refractivity contribution in [1.29, 1.82) is 0 Å². The van der Waals surface area contributed by atoms with Crippen LogP contribution in [0.3, 0.4) is 0 Å². The summed E-state index contributed by atoms with van der Waals surface area (Å²) in [4.78, 5) is 28.5. The number of carbonyl (C=O) groups is 2. The minimum atomic E-state index is -3.43. The van der Waals surface area contributed by atoms with Crippen molar-refractivity contribution in [2.45, 2.75) is 56.6 Å². The van der Waals surface area contributed by atoms with Gasteiger partial charge in [-0.15, -0.1) is 0 Å². The Kier molecular flexibility index (Phi) is 5.47. The lowest BCUT2D eigenvalue weighted by atomic mass is 10.0. The maximum atomic E-state index is 13.1. The largest absolute Gasteiger partial charge is 0.341 e. The minimum Gasteiger partial charge on any atom is -0.341 e. The van der Waals surface area contributed by atoms with E-state index in [-0.39, 0.29) is 23.7 Å². The second kappa shape index (κ2) is 7.70. The van der Waals surface area contributed by atoms with E-state index in [2.05, 4.69) is 0 Å². The normalized spacial score (nSPS) is 28.5. The highest BCUT2D eigenvalue weighted by Crippen LogP contribution is 2.32. The molecule has 2 aliphatic heterocycles. The van der Waals surface area contributed by atoms with E-state index in [1.807, 2.05) is 4.90 Å². The first-order valence-electron chi connectivity index (χ1n) is 10.5. The summed E-state index contributed by atoms with van der Waals surface area (Å²) >= 11 is 0. The highest BCUT2D eigenvalue weighted by Gasteiger charge is 2.41. The summed E-state index contributed by atoms with van der Waals surface area (Å²) in [6.45, 7) is 2.77. The number of amides is 2. The number of piperazine rings is 1. The molecule has 0 N–H and O–H groups in total. The summed E-state index contributed by atoms with van der Waals surface area (Å²) < 4.78 is 27.8. The second-order valence-electron chi connectivity index (χ2n) is 8.57. The first-order valence-corrected chi connectivity index (χ1v) is 12.0. The van der Waals surface area contributed by atoms with Crippen LogP contribution in [0.5, 0.6) is 0 Å². The van der Waals surface area contributed by atoms with E-state index in [0.717, 1.165) is 44.9 Å². The number of nitrogens with zero attached hydrogens (tertiary/aromatic N) is 3. The van der Waals surface area contributed by atoms with E-state index in [1.165, 1.54) is 0 Å². The van der Waals surface area contributed by atoms with Gasteiger partial charge in [-0.1, -0.05) is 12.8 Å².